The van der Waals surface area contributed by atoms with Gasteiger partial charge in [-0.05, 0) is 30.5 Å². The van der Waals surface area contributed by atoms with Crippen LogP contribution in [0.2, 0.25) is 0 Å². The molecule has 0 saturated heterocycles. The normalized spacial score (nSPS) is 14.2. The molecule has 0 bridgehead atoms. The fourth-order valence-corrected chi connectivity index (χ4v) is 1.54. The molecule has 1 nitrogen and oxygen atoms in total. The van der Waals surface area contributed by atoms with Gasteiger partial charge in [-0.15, -0.1) is 0 Å². The molecule has 0 aromatic heterocycles. The van der Waals surface area contributed by atoms with E-state index in [1.54, 1.807) is 0 Å². The maximum absolute atomic E-state index is 9.45. The van der Waals surface area contributed by atoms with Gasteiger partial charge in [-0.2, -0.15) is 0 Å². The Labute approximate surface area is 98.8 Å². The maximum Gasteiger partial charge on any atom is 0.115 e. The molecule has 0 radical (unpaired) electrons. The van der Waals surface area contributed by atoms with Crippen molar-refractivity contribution in [2.24, 2.45) is 0 Å². The number of aromatic hydroxyl groups is 1. The van der Waals surface area contributed by atoms with Crippen LogP contribution in [0.3, 0.4) is 0 Å². The van der Waals surface area contributed by atoms with Gasteiger partial charge in [0.25, 0.3) is 0 Å². The zero-order valence-corrected chi connectivity index (χ0v) is 9.40. The van der Waals surface area contributed by atoms with Crippen molar-refractivity contribution in [2.45, 2.75) is 51.9 Å². The monoisotopic (exact) mass is 210 g/mol. The lowest BCUT2D eigenvalue weighted by Crippen LogP contribution is -1.85. The molecule has 0 amide bonds. The van der Waals surface area contributed by atoms with Crippen LogP contribution in [0.15, 0.2) is 24.2 Å². The molecular formula is C14H22O. The van der Waals surface area contributed by atoms with E-state index in [-0.39, 0.29) is 24.2 Å². The van der Waals surface area contributed by atoms with Crippen LogP contribution in [0.25, 0.3) is 0 Å². The molecule has 1 aromatic rings. The Morgan fingerprint density at radius 3 is 2.27 bits per heavy atom. The highest BCUT2D eigenvalue weighted by Gasteiger charge is 1.94. The fourth-order valence-electron chi connectivity index (χ4n) is 1.54. The maximum atomic E-state index is 9.45. The first-order valence-corrected chi connectivity index (χ1v) is 5.78. The SMILES string of the molecule is [2H]c1c([2H])c(CCCCCCCC)c([2H])c([2H])c1O. The molecule has 0 spiro atoms. The molecular weight excluding hydrogens is 184 g/mol. The van der Waals surface area contributed by atoms with Crippen LogP contribution in [0.1, 0.15) is 56.5 Å². The number of rotatable bonds is 7. The second-order valence-electron chi connectivity index (χ2n) is 3.84. The Bertz CT molecular complexity index is 403. The second-order valence-corrected chi connectivity index (χ2v) is 3.84. The highest BCUT2D eigenvalue weighted by molar-refractivity contribution is 5.25. The Kier molecular flexibility index (Phi) is 3.58. The Hall–Kier alpha value is -0.980. The molecule has 84 valence electrons. The summed E-state index contributed by atoms with van der Waals surface area (Å²) in [6, 6.07) is -0.872. The molecule has 0 fully saturated rings. The number of hydrogen-bond donors (Lipinski definition) is 1. The molecule has 0 aliphatic rings. The fraction of sp³-hybridized carbons (Fsp3) is 0.571. The van der Waals surface area contributed by atoms with E-state index in [0.717, 1.165) is 19.3 Å². The van der Waals surface area contributed by atoms with Crippen LogP contribution in [0.4, 0.5) is 0 Å². The molecule has 0 unspecified atom stereocenters. The summed E-state index contributed by atoms with van der Waals surface area (Å²) < 4.78 is 30.6. The van der Waals surface area contributed by atoms with Crippen LogP contribution in [0.5, 0.6) is 5.75 Å². The molecule has 0 heterocycles. The number of phenols is 1. The van der Waals surface area contributed by atoms with Crippen LogP contribution >= 0.6 is 0 Å². The molecule has 1 N–H and O–H groups in total. The smallest absolute Gasteiger partial charge is 0.115 e. The van der Waals surface area contributed by atoms with Crippen molar-refractivity contribution in [1.82, 2.24) is 0 Å². The van der Waals surface area contributed by atoms with Crippen LogP contribution in [-0.4, -0.2) is 5.11 Å². The van der Waals surface area contributed by atoms with Gasteiger partial charge in [0, 0.05) is 0 Å². The summed E-state index contributed by atoms with van der Waals surface area (Å²) in [5, 5.41) is 9.45. The first-order valence-electron chi connectivity index (χ1n) is 7.78. The quantitative estimate of drug-likeness (QED) is 0.665. The van der Waals surface area contributed by atoms with Crippen LogP contribution < -0.4 is 0 Å². The van der Waals surface area contributed by atoms with Crippen molar-refractivity contribution >= 4 is 0 Å². The third-order valence-electron chi connectivity index (χ3n) is 2.44. The number of phenolic OH excluding ortho intramolecular Hbond substituents is 1. The summed E-state index contributed by atoms with van der Waals surface area (Å²) in [6.07, 6.45) is 7.25. The third-order valence-corrected chi connectivity index (χ3v) is 2.44. The minimum Gasteiger partial charge on any atom is -0.508 e. The van der Waals surface area contributed by atoms with E-state index in [1.165, 1.54) is 19.3 Å². The van der Waals surface area contributed by atoms with Gasteiger partial charge in [0.1, 0.15) is 5.75 Å². The van der Waals surface area contributed by atoms with E-state index in [4.69, 9.17) is 5.48 Å². The molecule has 1 heteroatoms. The average molecular weight is 210 g/mol. The van der Waals surface area contributed by atoms with Gasteiger partial charge in [-0.1, -0.05) is 51.1 Å². The molecule has 0 saturated carbocycles. The minimum atomic E-state index is -0.554. The highest BCUT2D eigenvalue weighted by atomic mass is 16.3. The largest absolute Gasteiger partial charge is 0.508 e. The molecule has 0 aliphatic carbocycles. The first-order chi connectivity index (χ1) is 9.00. The van der Waals surface area contributed by atoms with Crippen LogP contribution in [0, 0.1) is 0 Å². The van der Waals surface area contributed by atoms with Gasteiger partial charge in [-0.25, -0.2) is 0 Å². The first kappa shape index (κ1) is 7.32. The van der Waals surface area contributed by atoms with E-state index in [9.17, 15) is 5.11 Å². The summed E-state index contributed by atoms with van der Waals surface area (Å²) in [4.78, 5) is 0. The summed E-state index contributed by atoms with van der Waals surface area (Å²) >= 11 is 0. The van der Waals surface area contributed by atoms with E-state index < -0.39 is 5.75 Å². The van der Waals surface area contributed by atoms with Gasteiger partial charge < -0.3 is 5.11 Å². The van der Waals surface area contributed by atoms with Gasteiger partial charge in [0.2, 0.25) is 0 Å². The molecule has 0 aliphatic heterocycles. The van der Waals surface area contributed by atoms with Crippen molar-refractivity contribution in [3.63, 3.8) is 0 Å². The van der Waals surface area contributed by atoms with Crippen molar-refractivity contribution in [3.05, 3.63) is 29.7 Å². The van der Waals surface area contributed by atoms with E-state index in [2.05, 4.69) is 6.92 Å². The van der Waals surface area contributed by atoms with E-state index in [0.29, 0.717) is 12.0 Å². The highest BCUT2D eigenvalue weighted by Crippen LogP contribution is 2.13. The number of unbranched alkanes of at least 4 members (excludes halogenated alkanes) is 5. The number of benzene rings is 1. The van der Waals surface area contributed by atoms with Gasteiger partial charge in [0.15, 0.2) is 0 Å². The molecule has 15 heavy (non-hydrogen) atoms. The Morgan fingerprint density at radius 2 is 1.60 bits per heavy atom. The standard InChI is InChI=1S/C14H22O/c1-2-3-4-5-6-7-8-13-9-11-14(15)12-10-13/h9-12,15H,2-8H2,1H3/i9D,10D,11D,12D. The minimum absolute atomic E-state index is 0.105. The van der Waals surface area contributed by atoms with Crippen molar-refractivity contribution in [2.75, 3.05) is 0 Å². The van der Waals surface area contributed by atoms with Crippen molar-refractivity contribution < 1.29 is 10.6 Å². The lowest BCUT2D eigenvalue weighted by Gasteiger charge is -2.02. The average Bonchev–Trinajstić information content (AvgIpc) is 2.41. The zero-order valence-electron chi connectivity index (χ0n) is 13.4. The van der Waals surface area contributed by atoms with Gasteiger partial charge in [-0.3, -0.25) is 0 Å². The summed E-state index contributed by atoms with van der Waals surface area (Å²) in [5.74, 6) is -0.554. The van der Waals surface area contributed by atoms with E-state index in [1.807, 2.05) is 0 Å². The molecule has 1 aromatic carbocycles. The van der Waals surface area contributed by atoms with Gasteiger partial charge in [0.05, 0.1) is 5.48 Å². The third kappa shape index (κ3) is 5.46. The molecule has 1 rings (SSSR count). The summed E-state index contributed by atoms with van der Waals surface area (Å²) in [7, 11) is 0. The van der Waals surface area contributed by atoms with E-state index >= 15 is 0 Å². The predicted octanol–water partition coefficient (Wildman–Crippen LogP) is 4.30. The lowest BCUT2D eigenvalue weighted by atomic mass is 10.1. The van der Waals surface area contributed by atoms with Crippen molar-refractivity contribution in [1.29, 1.82) is 0 Å². The van der Waals surface area contributed by atoms with Crippen molar-refractivity contribution in [3.8, 4) is 5.75 Å². The summed E-state index contributed by atoms with van der Waals surface area (Å²) in [6.45, 7) is 2.17. The molecule has 0 atom stereocenters. The van der Waals surface area contributed by atoms with Gasteiger partial charge >= 0.3 is 0 Å². The Morgan fingerprint density at radius 1 is 1.00 bits per heavy atom. The lowest BCUT2D eigenvalue weighted by molar-refractivity contribution is 0.475. The zero-order chi connectivity index (χ0) is 14.4. The number of hydrogen-bond acceptors (Lipinski definition) is 1. The van der Waals surface area contributed by atoms with Crippen LogP contribution in [-0.2, 0) is 6.42 Å². The predicted molar refractivity (Wildman–Crippen MR) is 65.2 cm³/mol. The summed E-state index contributed by atoms with van der Waals surface area (Å²) in [5.41, 5.74) is 0.420. The topological polar surface area (TPSA) is 20.2 Å². The second kappa shape index (κ2) is 7.33. The Balaban J connectivity index is 2.64.